The molecule has 0 unspecified atom stereocenters. The number of halogens is 3. The third kappa shape index (κ3) is 6.97. The average Bonchev–Trinajstić information content (AvgIpc) is 2.67. The van der Waals surface area contributed by atoms with Crippen molar-refractivity contribution in [2.75, 3.05) is 32.4 Å². The van der Waals surface area contributed by atoms with Crippen molar-refractivity contribution in [1.82, 2.24) is 0 Å². The van der Waals surface area contributed by atoms with E-state index in [0.717, 1.165) is 5.56 Å². The zero-order valence-corrected chi connectivity index (χ0v) is 16.8. The molecule has 0 fully saturated rings. The maximum absolute atomic E-state index is 12.2. The third-order valence-electron chi connectivity index (χ3n) is 3.61. The second-order valence-corrected chi connectivity index (χ2v) is 6.63. The van der Waals surface area contributed by atoms with E-state index < -0.39 is 6.36 Å². The second kappa shape index (κ2) is 10.1. The highest BCUT2D eigenvalue weighted by molar-refractivity contribution is 7.99. The molecule has 158 valence electrons. The largest absolute Gasteiger partial charge is 0.573 e. The van der Waals surface area contributed by atoms with Crippen LogP contribution in [0.25, 0.3) is 0 Å². The van der Waals surface area contributed by atoms with E-state index >= 15 is 0 Å². The fourth-order valence-corrected chi connectivity index (χ4v) is 3.19. The first-order chi connectivity index (χ1) is 13.8. The number of carbonyl (C=O) groups excluding carboxylic acids is 1. The van der Waals surface area contributed by atoms with E-state index in [1.165, 1.54) is 57.4 Å². The van der Waals surface area contributed by atoms with Gasteiger partial charge in [-0.05, 0) is 17.7 Å². The first-order valence-corrected chi connectivity index (χ1v) is 9.43. The molecule has 1 amide bonds. The Balaban J connectivity index is 1.89. The molecule has 0 heterocycles. The number of rotatable bonds is 9. The number of thioether (sulfide) groups is 1. The fourth-order valence-electron chi connectivity index (χ4n) is 2.40. The molecule has 2 aromatic rings. The number of alkyl halides is 3. The molecule has 0 bridgehead atoms. The first-order valence-electron chi connectivity index (χ1n) is 8.28. The van der Waals surface area contributed by atoms with Gasteiger partial charge in [0.25, 0.3) is 0 Å². The van der Waals surface area contributed by atoms with Crippen molar-refractivity contribution in [1.29, 1.82) is 0 Å². The van der Waals surface area contributed by atoms with Gasteiger partial charge in [-0.1, -0.05) is 12.1 Å². The Hall–Kier alpha value is -2.75. The van der Waals surface area contributed by atoms with E-state index in [0.29, 0.717) is 28.7 Å². The van der Waals surface area contributed by atoms with E-state index in [1.54, 1.807) is 12.1 Å². The average molecular weight is 431 g/mol. The van der Waals surface area contributed by atoms with Crippen LogP contribution in [0.3, 0.4) is 0 Å². The van der Waals surface area contributed by atoms with Crippen molar-refractivity contribution in [2.45, 2.75) is 12.1 Å². The van der Waals surface area contributed by atoms with E-state index in [2.05, 4.69) is 10.1 Å². The van der Waals surface area contributed by atoms with Crippen LogP contribution in [-0.2, 0) is 10.5 Å². The summed E-state index contributed by atoms with van der Waals surface area (Å²) in [6, 6.07) is 8.74. The number of benzene rings is 2. The summed E-state index contributed by atoms with van der Waals surface area (Å²) in [6.45, 7) is 0. The van der Waals surface area contributed by atoms with Gasteiger partial charge in [0.05, 0.1) is 27.1 Å². The van der Waals surface area contributed by atoms with Crippen LogP contribution in [0.15, 0.2) is 36.4 Å². The van der Waals surface area contributed by atoms with Crippen molar-refractivity contribution < 1.29 is 36.9 Å². The van der Waals surface area contributed by atoms with Gasteiger partial charge in [-0.2, -0.15) is 0 Å². The molecule has 0 aromatic heterocycles. The number of amides is 1. The van der Waals surface area contributed by atoms with Crippen LogP contribution in [0, 0.1) is 0 Å². The predicted molar refractivity (Wildman–Crippen MR) is 104 cm³/mol. The van der Waals surface area contributed by atoms with Gasteiger partial charge >= 0.3 is 6.36 Å². The smallest absolute Gasteiger partial charge is 0.493 e. The molecular weight excluding hydrogens is 411 g/mol. The molecule has 1 N–H and O–H groups in total. The van der Waals surface area contributed by atoms with E-state index in [4.69, 9.17) is 14.2 Å². The van der Waals surface area contributed by atoms with Crippen LogP contribution in [0.4, 0.5) is 18.9 Å². The lowest BCUT2D eigenvalue weighted by molar-refractivity contribution is -0.274. The topological polar surface area (TPSA) is 66.0 Å². The molecule has 0 aliphatic rings. The lowest BCUT2D eigenvalue weighted by atomic mass is 10.2. The minimum Gasteiger partial charge on any atom is -0.493 e. The van der Waals surface area contributed by atoms with E-state index in [9.17, 15) is 18.0 Å². The first kappa shape index (κ1) is 22.5. The summed E-state index contributed by atoms with van der Waals surface area (Å²) in [5, 5.41) is 2.74. The number of ether oxygens (including phenoxy) is 4. The van der Waals surface area contributed by atoms with Gasteiger partial charge in [0.2, 0.25) is 11.7 Å². The van der Waals surface area contributed by atoms with Gasteiger partial charge in [0, 0.05) is 23.6 Å². The highest BCUT2D eigenvalue weighted by atomic mass is 32.2. The number of nitrogens with one attached hydrogen (secondary N) is 1. The number of methoxy groups -OCH3 is 3. The van der Waals surface area contributed by atoms with Crippen molar-refractivity contribution in [3.63, 3.8) is 0 Å². The minimum atomic E-state index is -4.72. The molecule has 0 saturated carbocycles. The Morgan fingerprint density at radius 1 is 1.00 bits per heavy atom. The summed E-state index contributed by atoms with van der Waals surface area (Å²) in [7, 11) is 4.44. The van der Waals surface area contributed by atoms with Gasteiger partial charge in [-0.15, -0.1) is 24.9 Å². The molecule has 0 aliphatic carbocycles. The van der Waals surface area contributed by atoms with Crippen molar-refractivity contribution in [2.24, 2.45) is 0 Å². The maximum Gasteiger partial charge on any atom is 0.573 e. The SMILES string of the molecule is COc1cc(NC(=O)CSCc2ccc(OC(F)(F)F)cc2)cc(OC)c1OC. The zero-order chi connectivity index (χ0) is 21.4. The normalized spacial score (nSPS) is 11.0. The highest BCUT2D eigenvalue weighted by Gasteiger charge is 2.30. The number of carbonyl (C=O) groups is 1. The molecule has 0 atom stereocenters. The van der Waals surface area contributed by atoms with Crippen LogP contribution in [-0.4, -0.2) is 39.4 Å². The monoisotopic (exact) mass is 431 g/mol. The Bertz CT molecular complexity index is 803. The molecule has 6 nitrogen and oxygen atoms in total. The van der Waals surface area contributed by atoms with Crippen LogP contribution in [0.2, 0.25) is 0 Å². The Morgan fingerprint density at radius 2 is 1.59 bits per heavy atom. The summed E-state index contributed by atoms with van der Waals surface area (Å²) < 4.78 is 56.0. The van der Waals surface area contributed by atoms with Crippen molar-refractivity contribution in [3.8, 4) is 23.0 Å². The Labute approximate surface area is 170 Å². The quantitative estimate of drug-likeness (QED) is 0.632. The zero-order valence-electron chi connectivity index (χ0n) is 16.0. The molecule has 10 heteroatoms. The van der Waals surface area contributed by atoms with Gasteiger partial charge in [-0.25, -0.2) is 0 Å². The van der Waals surface area contributed by atoms with Crippen molar-refractivity contribution in [3.05, 3.63) is 42.0 Å². The van der Waals surface area contributed by atoms with Gasteiger partial charge in [0.15, 0.2) is 11.5 Å². The summed E-state index contributed by atoms with van der Waals surface area (Å²) >= 11 is 1.32. The summed E-state index contributed by atoms with van der Waals surface area (Å²) in [4.78, 5) is 12.2. The molecular formula is C19H20F3NO5S. The molecule has 0 saturated heterocycles. The van der Waals surface area contributed by atoms with E-state index in [1.807, 2.05) is 0 Å². The Morgan fingerprint density at radius 3 is 2.07 bits per heavy atom. The predicted octanol–water partition coefficient (Wildman–Crippen LogP) is 4.48. The molecule has 2 aromatic carbocycles. The van der Waals surface area contributed by atoms with Crippen LogP contribution in [0.5, 0.6) is 23.0 Å². The molecule has 0 radical (unpaired) electrons. The lowest BCUT2D eigenvalue weighted by Crippen LogP contribution is -2.17. The molecule has 0 aliphatic heterocycles. The standard InChI is InChI=1S/C19H20F3NO5S/c1-25-15-8-13(9-16(26-2)18(15)27-3)23-17(24)11-29-10-12-4-6-14(7-5-12)28-19(20,21)22/h4-9H,10-11H2,1-3H3,(H,23,24). The lowest BCUT2D eigenvalue weighted by Gasteiger charge is -2.14. The number of anilines is 1. The van der Waals surface area contributed by atoms with E-state index in [-0.39, 0.29) is 17.4 Å². The summed E-state index contributed by atoms with van der Waals surface area (Å²) in [5.41, 5.74) is 1.25. The van der Waals surface area contributed by atoms with Crippen LogP contribution < -0.4 is 24.3 Å². The van der Waals surface area contributed by atoms with Gasteiger partial charge < -0.3 is 24.3 Å². The second-order valence-electron chi connectivity index (χ2n) is 5.65. The fraction of sp³-hybridized carbons (Fsp3) is 0.316. The van der Waals surface area contributed by atoms with Crippen molar-refractivity contribution >= 4 is 23.4 Å². The third-order valence-corrected chi connectivity index (χ3v) is 4.61. The maximum atomic E-state index is 12.2. The van der Waals surface area contributed by atoms with Crippen LogP contribution in [0.1, 0.15) is 5.56 Å². The minimum absolute atomic E-state index is 0.150. The van der Waals surface area contributed by atoms with Gasteiger partial charge in [0.1, 0.15) is 5.75 Å². The molecule has 2 rings (SSSR count). The molecule has 0 spiro atoms. The van der Waals surface area contributed by atoms with Crippen LogP contribution >= 0.6 is 11.8 Å². The number of hydrogen-bond donors (Lipinski definition) is 1. The molecule has 29 heavy (non-hydrogen) atoms. The highest BCUT2D eigenvalue weighted by Crippen LogP contribution is 2.40. The number of hydrogen-bond acceptors (Lipinski definition) is 6. The summed E-state index contributed by atoms with van der Waals surface area (Å²) in [5.74, 6) is 1.31. The summed E-state index contributed by atoms with van der Waals surface area (Å²) in [6.07, 6.45) is -4.72. The van der Waals surface area contributed by atoms with Gasteiger partial charge in [-0.3, -0.25) is 4.79 Å². The Kier molecular flexibility index (Phi) is 7.89.